The fourth-order valence-corrected chi connectivity index (χ4v) is 6.25. The Labute approximate surface area is 196 Å². The van der Waals surface area contributed by atoms with Crippen molar-refractivity contribution >= 4 is 23.5 Å². The maximum absolute atomic E-state index is 6.26. The van der Waals surface area contributed by atoms with Crippen molar-refractivity contribution in [2.75, 3.05) is 25.7 Å². The number of benzene rings is 2. The Morgan fingerprint density at radius 2 is 1.00 bits per heavy atom. The predicted octanol–water partition coefficient (Wildman–Crippen LogP) is 7.80. The SMILES string of the molecule is CSC1Cc2cc3cc(c2)C(SC)Cc2cc(cc1c2)OCCCCCCCCCO3. The Bertz CT molecular complexity index is 782. The second kappa shape index (κ2) is 11.6. The topological polar surface area (TPSA) is 18.5 Å². The van der Waals surface area contributed by atoms with Gasteiger partial charge in [-0.3, -0.25) is 0 Å². The molecule has 31 heavy (non-hydrogen) atoms. The van der Waals surface area contributed by atoms with Gasteiger partial charge in [-0.2, -0.15) is 23.5 Å². The van der Waals surface area contributed by atoms with E-state index in [1.54, 1.807) is 0 Å². The molecule has 1 aliphatic carbocycles. The van der Waals surface area contributed by atoms with Crippen molar-refractivity contribution in [3.63, 3.8) is 0 Å². The zero-order valence-corrected chi connectivity index (χ0v) is 20.7. The zero-order valence-electron chi connectivity index (χ0n) is 19.0. The maximum Gasteiger partial charge on any atom is 0.119 e. The molecule has 0 fully saturated rings. The number of hydrogen-bond donors (Lipinski definition) is 0. The van der Waals surface area contributed by atoms with Crippen LogP contribution >= 0.6 is 23.5 Å². The Morgan fingerprint density at radius 3 is 1.42 bits per heavy atom. The highest BCUT2D eigenvalue weighted by atomic mass is 32.2. The van der Waals surface area contributed by atoms with Crippen LogP contribution in [0.3, 0.4) is 0 Å². The monoisotopic (exact) mass is 456 g/mol. The number of hydrogen-bond acceptors (Lipinski definition) is 4. The van der Waals surface area contributed by atoms with E-state index in [4.69, 9.17) is 9.47 Å². The fraction of sp³-hybridized carbons (Fsp3) is 0.556. The molecule has 0 saturated heterocycles. The van der Waals surface area contributed by atoms with Gasteiger partial charge in [0.1, 0.15) is 11.5 Å². The van der Waals surface area contributed by atoms with E-state index < -0.39 is 0 Å². The van der Waals surface area contributed by atoms with Crippen molar-refractivity contribution < 1.29 is 9.47 Å². The normalized spacial score (nSPS) is 22.5. The summed E-state index contributed by atoms with van der Waals surface area (Å²) >= 11 is 3.88. The first kappa shape index (κ1) is 22.9. The molecule has 0 spiro atoms. The third kappa shape index (κ3) is 6.38. The lowest BCUT2D eigenvalue weighted by atomic mass is 9.94. The lowest BCUT2D eigenvalue weighted by Crippen LogP contribution is -2.08. The first-order chi connectivity index (χ1) is 15.2. The summed E-state index contributed by atoms with van der Waals surface area (Å²) in [5.41, 5.74) is 5.57. The van der Waals surface area contributed by atoms with Crippen molar-refractivity contribution in [2.24, 2.45) is 0 Å². The van der Waals surface area contributed by atoms with Crippen LogP contribution in [0.15, 0.2) is 36.4 Å². The molecule has 2 aromatic carbocycles. The van der Waals surface area contributed by atoms with Crippen LogP contribution in [0.5, 0.6) is 11.5 Å². The number of fused-ring (bicyclic) bond motifs is 12. The summed E-state index contributed by atoms with van der Waals surface area (Å²) in [7, 11) is 0. The molecular formula is C27H36O2S2. The molecule has 0 radical (unpaired) electrons. The van der Waals surface area contributed by atoms with Crippen LogP contribution in [-0.4, -0.2) is 25.7 Å². The van der Waals surface area contributed by atoms with Crippen LogP contribution in [0.2, 0.25) is 0 Å². The molecule has 0 N–H and O–H groups in total. The Kier molecular flexibility index (Phi) is 8.55. The van der Waals surface area contributed by atoms with Gasteiger partial charge in [0.2, 0.25) is 0 Å². The second-order valence-electron chi connectivity index (χ2n) is 8.85. The van der Waals surface area contributed by atoms with Crippen molar-refractivity contribution in [1.29, 1.82) is 0 Å². The predicted molar refractivity (Wildman–Crippen MR) is 136 cm³/mol. The smallest absolute Gasteiger partial charge is 0.119 e. The van der Waals surface area contributed by atoms with E-state index in [-0.39, 0.29) is 0 Å². The van der Waals surface area contributed by atoms with Gasteiger partial charge in [-0.15, -0.1) is 0 Å². The summed E-state index contributed by atoms with van der Waals surface area (Å²) in [4.78, 5) is 0. The molecule has 3 aliphatic rings. The van der Waals surface area contributed by atoms with E-state index in [1.165, 1.54) is 54.4 Å². The molecule has 4 heteroatoms. The molecule has 2 heterocycles. The van der Waals surface area contributed by atoms with Crippen molar-refractivity contribution in [3.05, 3.63) is 58.7 Å². The average Bonchev–Trinajstić information content (AvgIpc) is 2.78. The van der Waals surface area contributed by atoms with Crippen LogP contribution in [0.25, 0.3) is 0 Å². The molecular weight excluding hydrogens is 420 g/mol. The summed E-state index contributed by atoms with van der Waals surface area (Å²) in [6, 6.07) is 14.0. The van der Waals surface area contributed by atoms with E-state index in [0.717, 1.165) is 50.4 Å². The molecule has 168 valence electrons. The van der Waals surface area contributed by atoms with Gasteiger partial charge in [0.15, 0.2) is 0 Å². The van der Waals surface area contributed by atoms with Gasteiger partial charge in [-0.1, -0.05) is 44.2 Å². The van der Waals surface area contributed by atoms with Crippen LogP contribution in [0.4, 0.5) is 0 Å². The third-order valence-corrected chi connectivity index (χ3v) is 8.47. The lowest BCUT2D eigenvalue weighted by Gasteiger charge is -2.24. The molecule has 2 atom stereocenters. The first-order valence-electron chi connectivity index (χ1n) is 11.8. The molecule has 0 aromatic heterocycles. The molecule has 0 amide bonds. The highest BCUT2D eigenvalue weighted by molar-refractivity contribution is 7.99. The number of thioether (sulfide) groups is 2. The van der Waals surface area contributed by atoms with Crippen molar-refractivity contribution in [2.45, 2.75) is 68.3 Å². The van der Waals surface area contributed by atoms with E-state index in [9.17, 15) is 0 Å². The Hall–Kier alpha value is -1.26. The van der Waals surface area contributed by atoms with E-state index in [2.05, 4.69) is 48.9 Å². The zero-order chi connectivity index (χ0) is 21.5. The van der Waals surface area contributed by atoms with Gasteiger partial charge in [0.05, 0.1) is 13.2 Å². The van der Waals surface area contributed by atoms with Crippen LogP contribution < -0.4 is 9.47 Å². The largest absolute Gasteiger partial charge is 0.494 e. The summed E-state index contributed by atoms with van der Waals surface area (Å²) in [6.07, 6.45) is 15.3. The summed E-state index contributed by atoms with van der Waals surface area (Å²) in [6.45, 7) is 1.66. The lowest BCUT2D eigenvalue weighted by molar-refractivity contribution is 0.299. The third-order valence-electron chi connectivity index (χ3n) is 6.46. The molecule has 2 nitrogen and oxygen atoms in total. The minimum atomic E-state index is 0.429. The van der Waals surface area contributed by atoms with Crippen LogP contribution in [0, 0.1) is 0 Å². The standard InChI is InChI=1S/C27H36O2S2/c1-30-26-16-20-13-23-19-25(14-20)29-11-9-7-5-3-4-6-8-10-28-24-15-21(12-22(26)18-24)17-27(23)31-2/h12-15,18-19,26-27H,3-11,16-17H2,1-2H3. The van der Waals surface area contributed by atoms with Gasteiger partial charge in [0.25, 0.3) is 0 Å². The van der Waals surface area contributed by atoms with Crippen molar-refractivity contribution in [1.82, 2.24) is 0 Å². The summed E-state index contributed by atoms with van der Waals surface area (Å²) < 4.78 is 12.5. The highest BCUT2D eigenvalue weighted by Crippen LogP contribution is 2.40. The molecule has 0 saturated carbocycles. The summed E-state index contributed by atoms with van der Waals surface area (Å²) in [5.74, 6) is 2.11. The molecule has 5 rings (SSSR count). The second-order valence-corrected chi connectivity index (χ2v) is 10.9. The minimum absolute atomic E-state index is 0.429. The van der Waals surface area contributed by atoms with Crippen molar-refractivity contribution in [3.8, 4) is 11.5 Å². The van der Waals surface area contributed by atoms with E-state index in [1.807, 2.05) is 23.5 Å². The fourth-order valence-electron chi connectivity index (χ4n) is 4.72. The average molecular weight is 457 g/mol. The molecule has 2 aromatic rings. The number of rotatable bonds is 2. The van der Waals surface area contributed by atoms with Gasteiger partial charge in [0, 0.05) is 10.5 Å². The Balaban J connectivity index is 1.71. The molecule has 6 bridgehead atoms. The van der Waals surface area contributed by atoms with Crippen LogP contribution in [0.1, 0.15) is 77.7 Å². The van der Waals surface area contributed by atoms with Gasteiger partial charge in [-0.05, 0) is 84.7 Å². The number of ether oxygens (including phenoxy) is 2. The van der Waals surface area contributed by atoms with Gasteiger partial charge in [-0.25, -0.2) is 0 Å². The van der Waals surface area contributed by atoms with Crippen LogP contribution in [-0.2, 0) is 12.8 Å². The minimum Gasteiger partial charge on any atom is -0.494 e. The molecule has 2 unspecified atom stereocenters. The van der Waals surface area contributed by atoms with Gasteiger partial charge < -0.3 is 9.47 Å². The quantitative estimate of drug-likeness (QED) is 0.459. The molecule has 2 aliphatic heterocycles. The maximum atomic E-state index is 6.26. The van der Waals surface area contributed by atoms with E-state index in [0.29, 0.717) is 10.5 Å². The first-order valence-corrected chi connectivity index (χ1v) is 14.4. The summed E-state index contributed by atoms with van der Waals surface area (Å²) in [5, 5.41) is 0.858. The van der Waals surface area contributed by atoms with Gasteiger partial charge >= 0.3 is 0 Å². The Morgan fingerprint density at radius 1 is 0.581 bits per heavy atom. The highest BCUT2D eigenvalue weighted by Gasteiger charge is 2.21. The van der Waals surface area contributed by atoms with E-state index >= 15 is 0 Å².